The smallest absolute Gasteiger partial charge is 0.491 e. The van der Waals surface area contributed by atoms with Crippen LogP contribution in [-0.4, -0.2) is 34.7 Å². The first-order chi connectivity index (χ1) is 14.6. The van der Waals surface area contributed by atoms with Crippen molar-refractivity contribution in [2.75, 3.05) is 11.9 Å². The summed E-state index contributed by atoms with van der Waals surface area (Å²) >= 11 is 0. The Balaban J connectivity index is 1.81. The summed E-state index contributed by atoms with van der Waals surface area (Å²) in [4.78, 5) is 12.5. The van der Waals surface area contributed by atoms with E-state index < -0.39 is 18.0 Å². The van der Waals surface area contributed by atoms with Gasteiger partial charge in [-0.3, -0.25) is 9.48 Å². The van der Waals surface area contributed by atoms with E-state index in [0.29, 0.717) is 23.6 Å². The monoisotopic (exact) mass is 434 g/mol. The minimum absolute atomic E-state index is 0.164. The quantitative estimate of drug-likeness (QED) is 0.587. The molecule has 1 unspecified atom stereocenters. The molecule has 0 saturated carbocycles. The average Bonchev–Trinajstić information content (AvgIpc) is 3.11. The number of nitrogens with one attached hydrogen (secondary N) is 1. The van der Waals surface area contributed by atoms with Crippen molar-refractivity contribution in [3.8, 4) is 22.8 Å². The minimum atomic E-state index is -4.79. The van der Waals surface area contributed by atoms with Crippen LogP contribution >= 0.6 is 0 Å². The molecular weight excluding hydrogens is 413 g/mol. The number of alkyl halides is 3. The number of carbonyl (C=O) groups is 1. The number of amides is 1. The summed E-state index contributed by atoms with van der Waals surface area (Å²) in [5.74, 6) is -0.315. The van der Waals surface area contributed by atoms with Crippen LogP contribution in [0, 0.1) is 0 Å². The number of hydrogen-bond donors (Lipinski definition) is 2. The lowest BCUT2D eigenvalue weighted by Crippen LogP contribution is -2.23. The molecule has 164 valence electrons. The zero-order valence-electron chi connectivity index (χ0n) is 16.8. The van der Waals surface area contributed by atoms with Crippen LogP contribution < -0.4 is 20.5 Å². The molecule has 1 aromatic heterocycles. The van der Waals surface area contributed by atoms with Gasteiger partial charge in [-0.15, -0.1) is 13.2 Å². The molecule has 31 heavy (non-hydrogen) atoms. The minimum Gasteiger partial charge on any atom is -0.491 e. The van der Waals surface area contributed by atoms with Crippen LogP contribution in [0.3, 0.4) is 0 Å². The third-order valence-electron chi connectivity index (χ3n) is 4.19. The molecule has 1 heterocycles. The molecule has 2 aromatic carbocycles. The average molecular weight is 434 g/mol. The Morgan fingerprint density at radius 3 is 2.48 bits per heavy atom. The molecule has 0 bridgehead atoms. The normalized spacial score (nSPS) is 12.3. The fourth-order valence-electron chi connectivity index (χ4n) is 2.80. The highest BCUT2D eigenvalue weighted by molar-refractivity contribution is 6.04. The second-order valence-electron chi connectivity index (χ2n) is 6.87. The summed E-state index contributed by atoms with van der Waals surface area (Å²) in [6, 6.07) is 11.4. The van der Waals surface area contributed by atoms with Gasteiger partial charge in [0.05, 0.1) is 5.69 Å². The van der Waals surface area contributed by atoms with Gasteiger partial charge in [-0.2, -0.15) is 5.10 Å². The maximum atomic E-state index is 12.5. The van der Waals surface area contributed by atoms with Crippen molar-refractivity contribution in [1.29, 1.82) is 0 Å². The number of halogens is 3. The van der Waals surface area contributed by atoms with Crippen LogP contribution in [0.1, 0.15) is 17.3 Å². The van der Waals surface area contributed by atoms with Crippen LogP contribution in [0.2, 0.25) is 0 Å². The summed E-state index contributed by atoms with van der Waals surface area (Å²) in [5, 5.41) is 6.89. The number of rotatable bonds is 7. The highest BCUT2D eigenvalue weighted by Crippen LogP contribution is 2.33. The Kier molecular flexibility index (Phi) is 6.50. The van der Waals surface area contributed by atoms with Crippen molar-refractivity contribution in [3.05, 3.63) is 60.3 Å². The summed E-state index contributed by atoms with van der Waals surface area (Å²) in [6.45, 7) is 2.13. The van der Waals surface area contributed by atoms with Gasteiger partial charge in [0, 0.05) is 36.1 Å². The molecule has 0 aliphatic rings. The zero-order chi connectivity index (χ0) is 22.6. The number of nitrogens with two attached hydrogens (primary N) is 1. The van der Waals surface area contributed by atoms with Gasteiger partial charge >= 0.3 is 6.36 Å². The summed E-state index contributed by atoms with van der Waals surface area (Å²) in [7, 11) is 1.78. The van der Waals surface area contributed by atoms with Gasteiger partial charge in [0.15, 0.2) is 0 Å². The third kappa shape index (κ3) is 5.98. The maximum Gasteiger partial charge on any atom is 0.573 e. The van der Waals surface area contributed by atoms with Gasteiger partial charge in [0.1, 0.15) is 18.1 Å². The number of benzene rings is 2. The fourth-order valence-corrected chi connectivity index (χ4v) is 2.80. The molecule has 0 aliphatic heterocycles. The van der Waals surface area contributed by atoms with E-state index in [4.69, 9.17) is 10.5 Å². The van der Waals surface area contributed by atoms with E-state index in [1.165, 1.54) is 12.1 Å². The molecule has 0 fully saturated rings. The van der Waals surface area contributed by atoms with E-state index in [1.54, 1.807) is 42.2 Å². The van der Waals surface area contributed by atoms with E-state index in [0.717, 1.165) is 17.8 Å². The second kappa shape index (κ2) is 9.09. The van der Waals surface area contributed by atoms with Crippen LogP contribution in [0.15, 0.2) is 54.7 Å². The van der Waals surface area contributed by atoms with Gasteiger partial charge in [0.2, 0.25) is 0 Å². The Morgan fingerprint density at radius 2 is 1.90 bits per heavy atom. The van der Waals surface area contributed by atoms with Gasteiger partial charge in [-0.05, 0) is 55.5 Å². The van der Waals surface area contributed by atoms with Crippen molar-refractivity contribution in [2.24, 2.45) is 12.8 Å². The van der Waals surface area contributed by atoms with E-state index in [9.17, 15) is 18.0 Å². The van der Waals surface area contributed by atoms with Crippen LogP contribution in [0.4, 0.5) is 18.9 Å². The van der Waals surface area contributed by atoms with Crippen LogP contribution in [0.25, 0.3) is 11.3 Å². The Hall–Kier alpha value is -3.53. The molecule has 0 radical (unpaired) electrons. The zero-order valence-corrected chi connectivity index (χ0v) is 16.8. The van der Waals surface area contributed by atoms with Crippen molar-refractivity contribution in [2.45, 2.75) is 19.3 Å². The molecule has 0 aliphatic carbocycles. The van der Waals surface area contributed by atoms with Crippen molar-refractivity contribution >= 4 is 11.6 Å². The van der Waals surface area contributed by atoms with Crippen molar-refractivity contribution in [1.82, 2.24) is 9.78 Å². The van der Waals surface area contributed by atoms with E-state index in [1.807, 2.05) is 6.92 Å². The van der Waals surface area contributed by atoms with E-state index in [2.05, 4.69) is 15.2 Å². The Morgan fingerprint density at radius 1 is 1.19 bits per heavy atom. The number of ether oxygens (including phenoxy) is 2. The van der Waals surface area contributed by atoms with Gasteiger partial charge in [-0.1, -0.05) is 0 Å². The predicted molar refractivity (Wildman–Crippen MR) is 109 cm³/mol. The van der Waals surface area contributed by atoms with Crippen molar-refractivity contribution in [3.63, 3.8) is 0 Å². The summed E-state index contributed by atoms with van der Waals surface area (Å²) < 4.78 is 48.1. The number of carbonyl (C=O) groups excluding carboxylic acids is 1. The lowest BCUT2D eigenvalue weighted by atomic mass is 10.1. The van der Waals surface area contributed by atoms with Crippen LogP contribution in [0.5, 0.6) is 11.5 Å². The predicted octanol–water partition coefficient (Wildman–Crippen LogP) is 3.96. The first kappa shape index (κ1) is 22.2. The van der Waals surface area contributed by atoms with E-state index in [-0.39, 0.29) is 11.6 Å². The first-order valence-electron chi connectivity index (χ1n) is 9.30. The standard InChI is InChI=1S/C21H21F3N4O3/c1-13(25)12-30-19-8-5-15(11-17(19)18-9-10-26-28(18)2)27-20(29)14-3-6-16(7-4-14)31-21(22,23)24/h3-11,13H,12,25H2,1-2H3,(H,27,29). The SMILES string of the molecule is CC(N)COc1ccc(NC(=O)c2ccc(OC(F)(F)F)cc2)cc1-c1ccnn1C. The molecule has 10 heteroatoms. The third-order valence-corrected chi connectivity index (χ3v) is 4.19. The summed E-state index contributed by atoms with van der Waals surface area (Å²) in [5.41, 5.74) is 7.89. The highest BCUT2D eigenvalue weighted by atomic mass is 19.4. The molecule has 3 rings (SSSR count). The highest BCUT2D eigenvalue weighted by Gasteiger charge is 2.31. The second-order valence-corrected chi connectivity index (χ2v) is 6.87. The first-order valence-corrected chi connectivity index (χ1v) is 9.30. The fraction of sp³-hybridized carbons (Fsp3) is 0.238. The lowest BCUT2D eigenvalue weighted by molar-refractivity contribution is -0.274. The molecule has 7 nitrogen and oxygen atoms in total. The Labute approximate surface area is 176 Å². The molecule has 1 atom stereocenters. The molecule has 3 aromatic rings. The number of anilines is 1. The topological polar surface area (TPSA) is 91.4 Å². The van der Waals surface area contributed by atoms with Gasteiger partial charge in [-0.25, -0.2) is 0 Å². The summed E-state index contributed by atoms with van der Waals surface area (Å²) in [6.07, 6.45) is -3.15. The number of aryl methyl sites for hydroxylation is 1. The van der Waals surface area contributed by atoms with E-state index >= 15 is 0 Å². The van der Waals surface area contributed by atoms with Crippen LogP contribution in [-0.2, 0) is 7.05 Å². The van der Waals surface area contributed by atoms with Gasteiger partial charge in [0.25, 0.3) is 5.91 Å². The number of aromatic nitrogens is 2. The van der Waals surface area contributed by atoms with Crippen molar-refractivity contribution < 1.29 is 27.4 Å². The lowest BCUT2D eigenvalue weighted by Gasteiger charge is -2.15. The molecular formula is C21H21F3N4O3. The molecule has 0 saturated heterocycles. The maximum absolute atomic E-state index is 12.5. The van der Waals surface area contributed by atoms with Gasteiger partial charge < -0.3 is 20.5 Å². The molecule has 3 N–H and O–H groups in total. The Bertz CT molecular complexity index is 1050. The molecule has 0 spiro atoms. The number of hydrogen-bond acceptors (Lipinski definition) is 5. The largest absolute Gasteiger partial charge is 0.573 e. The number of nitrogens with zero attached hydrogens (tertiary/aromatic N) is 2. The molecule has 1 amide bonds.